The van der Waals surface area contributed by atoms with Gasteiger partial charge in [0, 0.05) is 45.3 Å². The molecule has 0 aliphatic heterocycles. The molecule has 0 atom stereocenters. The number of oxazole rings is 2. The number of hydrogen-bond acceptors (Lipinski definition) is 11. The Bertz CT molecular complexity index is 4330. The molecule has 0 bridgehead atoms. The minimum absolute atomic E-state index is 0.621. The van der Waals surface area contributed by atoms with Gasteiger partial charge in [-0.1, -0.05) is 115 Å². The molecule has 15 rings (SSSR count). The number of anilines is 6. The summed E-state index contributed by atoms with van der Waals surface area (Å²) in [5, 5.41) is 28.5. The third kappa shape index (κ3) is 11.5. The molecule has 15 aromatic rings. The summed E-state index contributed by atoms with van der Waals surface area (Å²) in [7, 11) is 0. The molecular weight excluding hydrogens is 1000 g/mol. The van der Waals surface area contributed by atoms with Gasteiger partial charge in [-0.3, -0.25) is 0 Å². The molecule has 81 heavy (non-hydrogen) atoms. The first-order chi connectivity index (χ1) is 40.0. The van der Waals surface area contributed by atoms with Crippen LogP contribution in [0.1, 0.15) is 0 Å². The van der Waals surface area contributed by atoms with E-state index in [4.69, 9.17) is 13.9 Å². The molecule has 13 nitrogen and oxygen atoms in total. The summed E-state index contributed by atoms with van der Waals surface area (Å²) < 4.78 is 11.7. The van der Waals surface area contributed by atoms with Crippen molar-refractivity contribution in [2.75, 3.05) is 16.0 Å². The van der Waals surface area contributed by atoms with Crippen molar-refractivity contribution in [3.8, 4) is 45.4 Å². The second kappa shape index (κ2) is 22.6. The number of fused-ring (bicyclic) bond motifs is 4. The van der Waals surface area contributed by atoms with Crippen LogP contribution in [0.25, 0.3) is 89.7 Å². The first kappa shape index (κ1) is 49.2. The van der Waals surface area contributed by atoms with E-state index in [0.717, 1.165) is 106 Å². The molecule has 0 radical (unpaired) electrons. The highest BCUT2D eigenvalue weighted by Crippen LogP contribution is 2.30. The monoisotopic (exact) mass is 1050 g/mol. The second-order valence-electron chi connectivity index (χ2n) is 18.9. The maximum Gasteiger partial charge on any atom is 0.227 e. The van der Waals surface area contributed by atoms with Crippen LogP contribution in [0.5, 0.6) is 0 Å². The molecule has 11 aromatic carbocycles. The van der Waals surface area contributed by atoms with Crippen molar-refractivity contribution < 1.29 is 8.83 Å². The Hall–Kier alpha value is -11.4. The third-order valence-corrected chi connectivity index (χ3v) is 13.2. The van der Waals surface area contributed by atoms with E-state index >= 15 is 0 Å². The van der Waals surface area contributed by atoms with Gasteiger partial charge in [-0.15, -0.1) is 20.4 Å². The Morgan fingerprint density at radius 3 is 1.15 bits per heavy atom. The van der Waals surface area contributed by atoms with Gasteiger partial charge in [0.2, 0.25) is 11.8 Å². The first-order valence-corrected chi connectivity index (χ1v) is 26.3. The van der Waals surface area contributed by atoms with Crippen molar-refractivity contribution in [1.82, 2.24) is 40.0 Å². The van der Waals surface area contributed by atoms with Gasteiger partial charge in [-0.2, -0.15) is 9.59 Å². The van der Waals surface area contributed by atoms with E-state index in [2.05, 4.69) is 65.5 Å². The number of nitrogens with zero attached hydrogens (tertiary/aromatic N) is 8. The van der Waals surface area contributed by atoms with Crippen LogP contribution < -0.4 is 16.0 Å². The van der Waals surface area contributed by atoms with Crippen molar-refractivity contribution in [2.24, 2.45) is 0 Å². The summed E-state index contributed by atoms with van der Waals surface area (Å²) in [6, 6.07) is 92.3. The minimum atomic E-state index is 0.621. The molecule has 0 saturated carbocycles. The van der Waals surface area contributed by atoms with Gasteiger partial charge in [0.05, 0.1) is 11.4 Å². The van der Waals surface area contributed by atoms with Crippen LogP contribution in [0.4, 0.5) is 34.1 Å². The zero-order chi connectivity index (χ0) is 54.2. The van der Waals surface area contributed by atoms with Gasteiger partial charge in [0.25, 0.3) is 0 Å². The van der Waals surface area contributed by atoms with Crippen LogP contribution in [-0.2, 0) is 0 Å². The maximum atomic E-state index is 5.84. The van der Waals surface area contributed by atoms with Crippen LogP contribution in [-0.4, -0.2) is 40.0 Å². The number of para-hydroxylation sites is 6. The second-order valence-corrected chi connectivity index (χ2v) is 18.9. The first-order valence-electron chi connectivity index (χ1n) is 26.3. The fourth-order valence-corrected chi connectivity index (χ4v) is 9.13. The maximum absolute atomic E-state index is 5.84. The predicted octanol–water partition coefficient (Wildman–Crippen LogP) is 17.0. The lowest BCUT2D eigenvalue weighted by atomic mass is 10.1. The highest BCUT2D eigenvalue weighted by Gasteiger charge is 2.12. The summed E-state index contributed by atoms with van der Waals surface area (Å²) in [6.07, 6.45) is 0. The zero-order valence-corrected chi connectivity index (χ0v) is 43.5. The summed E-state index contributed by atoms with van der Waals surface area (Å²) in [4.78, 5) is 12.5. The molecule has 4 heterocycles. The van der Waals surface area contributed by atoms with Crippen LogP contribution in [0.3, 0.4) is 0 Å². The van der Waals surface area contributed by atoms with E-state index in [1.54, 1.807) is 9.59 Å². The van der Waals surface area contributed by atoms with Crippen molar-refractivity contribution in [3.63, 3.8) is 0 Å². The molecule has 0 unspecified atom stereocenters. The fourth-order valence-electron chi connectivity index (χ4n) is 9.13. The van der Waals surface area contributed by atoms with E-state index in [0.29, 0.717) is 11.8 Å². The van der Waals surface area contributed by atoms with Gasteiger partial charge in [-0.05, 0) is 175 Å². The Morgan fingerprint density at radius 2 is 0.630 bits per heavy atom. The van der Waals surface area contributed by atoms with E-state index in [1.807, 2.05) is 255 Å². The standard InChI is InChI=1S/C26H17N3O2.C24H18N4.C18H14N4/c1-3-7-23-21(5-1)28-25(30-23)17-9-13-19(14-10-17)27-20-15-11-18(12-16-20)26-29-22-6-2-4-8-24(22)31-26;1-3-8-18(9-4-1)19-14-15-23-24(16-19)27-28(26-23)22-13-7-12-21(17-22)25-20-10-5-2-6-11-20;1-2-6-14(7-3-1)19-15-10-12-16(13-11-15)22-20-17-8-4-5-9-18(17)21-22/h1-16,27H;1-17,25H;1-13,19H. The summed E-state index contributed by atoms with van der Waals surface area (Å²) >= 11 is 0. The lowest BCUT2D eigenvalue weighted by Gasteiger charge is -2.07. The van der Waals surface area contributed by atoms with Crippen LogP contribution >= 0.6 is 0 Å². The molecule has 4 aromatic heterocycles. The smallest absolute Gasteiger partial charge is 0.227 e. The largest absolute Gasteiger partial charge is 0.436 e. The number of benzene rings is 11. The molecule has 0 fully saturated rings. The average Bonchev–Trinajstić information content (AvgIpc) is 4.41. The lowest BCUT2D eigenvalue weighted by molar-refractivity contribution is 0.619. The number of aromatic nitrogens is 8. The van der Waals surface area contributed by atoms with E-state index < -0.39 is 0 Å². The molecular formula is C68H49N11O2. The molecule has 13 heteroatoms. The molecule has 0 spiro atoms. The van der Waals surface area contributed by atoms with Crippen molar-refractivity contribution in [2.45, 2.75) is 0 Å². The van der Waals surface area contributed by atoms with Crippen molar-refractivity contribution in [3.05, 3.63) is 279 Å². The molecule has 388 valence electrons. The lowest BCUT2D eigenvalue weighted by Crippen LogP contribution is -1.99. The van der Waals surface area contributed by atoms with Crippen LogP contribution in [0, 0.1) is 0 Å². The molecule has 0 aliphatic carbocycles. The fraction of sp³-hybridized carbons (Fsp3) is 0. The van der Waals surface area contributed by atoms with Crippen molar-refractivity contribution in [1.29, 1.82) is 0 Å². The molecule has 0 amide bonds. The van der Waals surface area contributed by atoms with E-state index in [1.165, 1.54) is 5.56 Å². The Morgan fingerprint density at radius 1 is 0.247 bits per heavy atom. The minimum Gasteiger partial charge on any atom is -0.436 e. The van der Waals surface area contributed by atoms with Crippen LogP contribution in [0.2, 0.25) is 0 Å². The van der Waals surface area contributed by atoms with Gasteiger partial charge in [0.15, 0.2) is 11.2 Å². The van der Waals surface area contributed by atoms with Gasteiger partial charge >= 0.3 is 0 Å². The summed E-state index contributed by atoms with van der Waals surface area (Å²) in [5.74, 6) is 1.24. The normalized spacial score (nSPS) is 11.0. The Labute approximate surface area is 465 Å². The number of nitrogens with one attached hydrogen (secondary N) is 3. The highest BCUT2D eigenvalue weighted by atomic mass is 16.4. The Balaban J connectivity index is 0.000000116. The van der Waals surface area contributed by atoms with Gasteiger partial charge < -0.3 is 24.8 Å². The zero-order valence-electron chi connectivity index (χ0n) is 43.5. The summed E-state index contributed by atoms with van der Waals surface area (Å²) in [6.45, 7) is 0. The van der Waals surface area contributed by atoms with Crippen LogP contribution in [0.15, 0.2) is 288 Å². The third-order valence-electron chi connectivity index (χ3n) is 13.2. The SMILES string of the molecule is c1ccc(Nc2ccc(-n3nc4ccccc4n3)cc2)cc1.c1ccc(Nc2cccc(-n3nc4ccc(-c5ccccc5)cc4n3)c2)cc1.c1ccc2oc(-c3ccc(Nc4ccc(-c5nc6ccccc6o5)cc4)cc3)nc2c1. The van der Waals surface area contributed by atoms with E-state index in [-0.39, 0.29) is 0 Å². The topological polar surface area (TPSA) is 150 Å². The quantitative estimate of drug-likeness (QED) is 0.114. The highest BCUT2D eigenvalue weighted by molar-refractivity contribution is 5.82. The Kier molecular flexibility index (Phi) is 13.7. The molecule has 3 N–H and O–H groups in total. The van der Waals surface area contributed by atoms with Gasteiger partial charge in [-0.25, -0.2) is 9.97 Å². The van der Waals surface area contributed by atoms with Crippen molar-refractivity contribution >= 4 is 78.4 Å². The summed E-state index contributed by atoms with van der Waals surface area (Å²) in [5.41, 5.74) is 19.0. The average molecular weight is 1050 g/mol. The number of hydrogen-bond donors (Lipinski definition) is 3. The number of rotatable bonds is 11. The molecule has 0 saturated heterocycles. The van der Waals surface area contributed by atoms with E-state index in [9.17, 15) is 0 Å². The molecule has 0 aliphatic rings. The van der Waals surface area contributed by atoms with Gasteiger partial charge in [0.1, 0.15) is 33.1 Å². The predicted molar refractivity (Wildman–Crippen MR) is 325 cm³/mol.